The van der Waals surface area contributed by atoms with Gasteiger partial charge in [0, 0.05) is 24.5 Å². The molecule has 142 valence electrons. The Kier molecular flexibility index (Phi) is 5.63. The number of amides is 1. The first kappa shape index (κ1) is 18.4. The van der Waals surface area contributed by atoms with Crippen LogP contribution in [0.5, 0.6) is 0 Å². The summed E-state index contributed by atoms with van der Waals surface area (Å²) >= 11 is 0. The van der Waals surface area contributed by atoms with Gasteiger partial charge in [-0.2, -0.15) is 5.10 Å². The summed E-state index contributed by atoms with van der Waals surface area (Å²) in [5.74, 6) is -0.101. The highest BCUT2D eigenvalue weighted by atomic mass is 16.1. The monoisotopic (exact) mass is 379 g/mol. The number of aromatic nitrogens is 2. The summed E-state index contributed by atoms with van der Waals surface area (Å²) in [5.41, 5.74) is 4.54. The summed E-state index contributed by atoms with van der Waals surface area (Å²) in [6.45, 7) is 0.456. The topological polar surface area (TPSA) is 46.9 Å². The van der Waals surface area contributed by atoms with Crippen LogP contribution in [-0.2, 0) is 11.3 Å². The van der Waals surface area contributed by atoms with Crippen molar-refractivity contribution in [3.05, 3.63) is 120 Å². The molecule has 4 rings (SSSR count). The lowest BCUT2D eigenvalue weighted by molar-refractivity contribution is -0.115. The molecule has 0 bridgehead atoms. The largest absolute Gasteiger partial charge is 0.348 e. The number of benzene rings is 3. The van der Waals surface area contributed by atoms with Crippen molar-refractivity contribution in [2.24, 2.45) is 0 Å². The smallest absolute Gasteiger partial charge is 0.252 e. The fourth-order valence-electron chi connectivity index (χ4n) is 3.08. The van der Waals surface area contributed by atoms with E-state index in [9.17, 15) is 4.79 Å². The number of nitrogens with one attached hydrogen (secondary N) is 1. The Bertz CT molecular complexity index is 1080. The quantitative estimate of drug-likeness (QED) is 0.389. The summed E-state index contributed by atoms with van der Waals surface area (Å²) in [6, 6.07) is 29.5. The van der Waals surface area contributed by atoms with E-state index in [2.05, 4.69) is 10.4 Å². The second kappa shape index (κ2) is 8.85. The van der Waals surface area contributed by atoms with Gasteiger partial charge in [-0.3, -0.25) is 4.79 Å². The lowest BCUT2D eigenvalue weighted by Gasteiger charge is -2.10. The third-order valence-corrected chi connectivity index (χ3v) is 4.60. The molecule has 0 aliphatic heterocycles. The average molecular weight is 379 g/mol. The van der Waals surface area contributed by atoms with E-state index >= 15 is 0 Å². The van der Waals surface area contributed by atoms with E-state index in [-0.39, 0.29) is 5.91 Å². The van der Waals surface area contributed by atoms with Crippen LogP contribution in [0.3, 0.4) is 0 Å². The standard InChI is InChI=1S/C25H21N3O/c29-25(26-19-21-12-14-23(15-13-21)28-17-7-16-27-28)24(22-10-5-2-6-11-22)18-20-8-3-1-4-9-20/h1-18H,19H2,(H,26,29)/b24-18+. The van der Waals surface area contributed by atoms with E-state index in [1.54, 1.807) is 10.9 Å². The second-order valence-electron chi connectivity index (χ2n) is 6.63. The van der Waals surface area contributed by atoms with Crippen molar-refractivity contribution < 1.29 is 4.79 Å². The number of hydrogen-bond donors (Lipinski definition) is 1. The molecule has 0 radical (unpaired) electrons. The van der Waals surface area contributed by atoms with E-state index in [4.69, 9.17) is 0 Å². The summed E-state index contributed by atoms with van der Waals surface area (Å²) < 4.78 is 1.80. The van der Waals surface area contributed by atoms with Crippen LogP contribution >= 0.6 is 0 Å². The molecule has 0 saturated carbocycles. The van der Waals surface area contributed by atoms with Gasteiger partial charge < -0.3 is 5.32 Å². The molecule has 0 aliphatic carbocycles. The zero-order valence-corrected chi connectivity index (χ0v) is 15.9. The highest BCUT2D eigenvalue weighted by Gasteiger charge is 2.12. The summed E-state index contributed by atoms with van der Waals surface area (Å²) in [5, 5.41) is 7.27. The van der Waals surface area contributed by atoms with E-state index in [0.717, 1.165) is 22.4 Å². The lowest BCUT2D eigenvalue weighted by Crippen LogP contribution is -2.23. The summed E-state index contributed by atoms with van der Waals surface area (Å²) in [4.78, 5) is 13.0. The normalized spacial score (nSPS) is 11.2. The fourth-order valence-corrected chi connectivity index (χ4v) is 3.08. The van der Waals surface area contributed by atoms with Gasteiger partial charge in [0.15, 0.2) is 0 Å². The van der Waals surface area contributed by atoms with Gasteiger partial charge in [0.05, 0.1) is 5.69 Å². The second-order valence-corrected chi connectivity index (χ2v) is 6.63. The van der Waals surface area contributed by atoms with E-state index in [1.165, 1.54) is 0 Å². The van der Waals surface area contributed by atoms with Crippen LogP contribution in [0, 0.1) is 0 Å². The molecule has 0 spiro atoms. The molecule has 3 aromatic carbocycles. The molecule has 0 unspecified atom stereocenters. The van der Waals surface area contributed by atoms with E-state index in [1.807, 2.05) is 103 Å². The Hall–Kier alpha value is -3.92. The maximum Gasteiger partial charge on any atom is 0.252 e. The molecule has 29 heavy (non-hydrogen) atoms. The summed E-state index contributed by atoms with van der Waals surface area (Å²) in [7, 11) is 0. The molecule has 4 aromatic rings. The maximum atomic E-state index is 13.0. The van der Waals surface area contributed by atoms with Crippen LogP contribution in [0.15, 0.2) is 103 Å². The molecule has 0 saturated heterocycles. The van der Waals surface area contributed by atoms with Gasteiger partial charge in [-0.25, -0.2) is 4.68 Å². The van der Waals surface area contributed by atoms with Crippen molar-refractivity contribution in [1.29, 1.82) is 0 Å². The molecule has 4 heteroatoms. The van der Waals surface area contributed by atoms with Gasteiger partial charge in [0.1, 0.15) is 0 Å². The number of hydrogen-bond acceptors (Lipinski definition) is 2. The third-order valence-electron chi connectivity index (χ3n) is 4.60. The van der Waals surface area contributed by atoms with Crippen LogP contribution in [0.4, 0.5) is 0 Å². The minimum atomic E-state index is -0.101. The van der Waals surface area contributed by atoms with Gasteiger partial charge in [-0.15, -0.1) is 0 Å². The molecular weight excluding hydrogens is 358 g/mol. The highest BCUT2D eigenvalue weighted by Crippen LogP contribution is 2.19. The van der Waals surface area contributed by atoms with Crippen LogP contribution in [-0.4, -0.2) is 15.7 Å². The molecule has 0 fully saturated rings. The number of nitrogens with zero attached hydrogens (tertiary/aromatic N) is 2. The zero-order chi connectivity index (χ0) is 19.9. The van der Waals surface area contributed by atoms with Crippen molar-refractivity contribution in [3.63, 3.8) is 0 Å². The first-order valence-electron chi connectivity index (χ1n) is 9.49. The van der Waals surface area contributed by atoms with Crippen LogP contribution < -0.4 is 5.32 Å². The third kappa shape index (κ3) is 4.68. The van der Waals surface area contributed by atoms with Crippen molar-refractivity contribution in [3.8, 4) is 5.69 Å². The molecule has 4 nitrogen and oxygen atoms in total. The van der Waals surface area contributed by atoms with Gasteiger partial charge in [-0.1, -0.05) is 72.8 Å². The van der Waals surface area contributed by atoms with Crippen molar-refractivity contribution in [2.75, 3.05) is 0 Å². The molecule has 1 N–H and O–H groups in total. The van der Waals surface area contributed by atoms with Crippen molar-refractivity contribution in [2.45, 2.75) is 6.54 Å². The first-order valence-corrected chi connectivity index (χ1v) is 9.49. The van der Waals surface area contributed by atoms with Crippen molar-refractivity contribution in [1.82, 2.24) is 15.1 Å². The Morgan fingerprint density at radius 1 is 0.862 bits per heavy atom. The molecule has 0 aliphatic rings. The van der Waals surface area contributed by atoms with Crippen LogP contribution in [0.25, 0.3) is 17.3 Å². The average Bonchev–Trinajstić information content (AvgIpc) is 3.32. The number of carbonyl (C=O) groups is 1. The zero-order valence-electron chi connectivity index (χ0n) is 15.9. The fraction of sp³-hybridized carbons (Fsp3) is 0.0400. The molecule has 1 heterocycles. The molecule has 0 atom stereocenters. The minimum Gasteiger partial charge on any atom is -0.348 e. The Morgan fingerprint density at radius 2 is 1.55 bits per heavy atom. The predicted molar refractivity (Wildman–Crippen MR) is 116 cm³/mol. The first-order chi connectivity index (χ1) is 14.3. The van der Waals surface area contributed by atoms with Gasteiger partial charge >= 0.3 is 0 Å². The Morgan fingerprint density at radius 3 is 2.21 bits per heavy atom. The molecule has 1 amide bonds. The van der Waals surface area contributed by atoms with E-state index < -0.39 is 0 Å². The Labute approximate surface area is 170 Å². The maximum absolute atomic E-state index is 13.0. The van der Waals surface area contributed by atoms with Crippen LogP contribution in [0.1, 0.15) is 16.7 Å². The molecule has 1 aromatic heterocycles. The van der Waals surface area contributed by atoms with Gasteiger partial charge in [0.25, 0.3) is 5.91 Å². The molecular formula is C25H21N3O. The highest BCUT2D eigenvalue weighted by molar-refractivity contribution is 6.24. The van der Waals surface area contributed by atoms with Gasteiger partial charge in [-0.05, 0) is 41.0 Å². The minimum absolute atomic E-state index is 0.101. The number of rotatable bonds is 6. The SMILES string of the molecule is O=C(NCc1ccc(-n2cccn2)cc1)/C(=C/c1ccccc1)c1ccccc1. The Balaban J connectivity index is 1.50. The van der Waals surface area contributed by atoms with Crippen molar-refractivity contribution >= 4 is 17.6 Å². The van der Waals surface area contributed by atoms with Crippen LogP contribution in [0.2, 0.25) is 0 Å². The summed E-state index contributed by atoms with van der Waals surface area (Å²) in [6.07, 6.45) is 5.57. The van der Waals surface area contributed by atoms with E-state index in [0.29, 0.717) is 12.1 Å². The number of carbonyl (C=O) groups excluding carboxylic acids is 1. The predicted octanol–water partition coefficient (Wildman–Crippen LogP) is 4.73. The van der Waals surface area contributed by atoms with Gasteiger partial charge in [0.2, 0.25) is 0 Å². The lowest BCUT2D eigenvalue weighted by atomic mass is 10.0.